The maximum atomic E-state index is 11.8. The molecule has 2 rings (SSSR count). The lowest BCUT2D eigenvalue weighted by molar-refractivity contribution is -0.136. The fourth-order valence-electron chi connectivity index (χ4n) is 1.55. The van der Waals surface area contributed by atoms with E-state index in [0.29, 0.717) is 5.56 Å². The summed E-state index contributed by atoms with van der Waals surface area (Å²) in [6, 6.07) is 2.89. The van der Waals surface area contributed by atoms with Crippen LogP contribution in [0.3, 0.4) is 0 Å². The molecule has 5 nitrogen and oxygen atoms in total. The summed E-state index contributed by atoms with van der Waals surface area (Å²) < 4.78 is 23.7. The molecule has 0 atom stereocenters. The van der Waals surface area contributed by atoms with E-state index in [0.717, 1.165) is 12.8 Å². The van der Waals surface area contributed by atoms with Gasteiger partial charge < -0.3 is 5.11 Å². The maximum absolute atomic E-state index is 11.8. The zero-order valence-electron chi connectivity index (χ0n) is 9.17. The van der Waals surface area contributed by atoms with Crippen molar-refractivity contribution in [2.45, 2.75) is 24.3 Å². The fraction of sp³-hybridized carbons (Fsp3) is 0.455. The number of hydrogen-bond donors (Lipinski definition) is 1. The van der Waals surface area contributed by atoms with Crippen molar-refractivity contribution in [1.29, 1.82) is 0 Å². The van der Waals surface area contributed by atoms with E-state index in [-0.39, 0.29) is 23.1 Å². The fourth-order valence-corrected chi connectivity index (χ4v) is 3.17. The van der Waals surface area contributed by atoms with Gasteiger partial charge >= 0.3 is 5.97 Å². The van der Waals surface area contributed by atoms with Gasteiger partial charge in [-0.2, -0.15) is 0 Å². The van der Waals surface area contributed by atoms with E-state index in [4.69, 9.17) is 5.11 Å². The normalized spacial score (nSPS) is 15.8. The first kappa shape index (κ1) is 12.0. The summed E-state index contributed by atoms with van der Waals surface area (Å²) >= 11 is 0. The summed E-state index contributed by atoms with van der Waals surface area (Å²) in [5, 5.41) is 8.62. The van der Waals surface area contributed by atoms with Crippen molar-refractivity contribution >= 4 is 15.8 Å². The highest BCUT2D eigenvalue weighted by molar-refractivity contribution is 7.91. The predicted molar refractivity (Wildman–Crippen MR) is 60.4 cm³/mol. The highest BCUT2D eigenvalue weighted by atomic mass is 32.2. The second-order valence-electron chi connectivity index (χ2n) is 4.30. The number of hydrogen-bond acceptors (Lipinski definition) is 4. The third-order valence-corrected chi connectivity index (χ3v) is 4.41. The zero-order valence-corrected chi connectivity index (χ0v) is 9.98. The van der Waals surface area contributed by atoms with Crippen LogP contribution in [0.1, 0.15) is 18.4 Å². The Morgan fingerprint density at radius 2 is 2.12 bits per heavy atom. The van der Waals surface area contributed by atoms with Gasteiger partial charge in [0.2, 0.25) is 0 Å². The molecule has 0 bridgehead atoms. The van der Waals surface area contributed by atoms with Crippen molar-refractivity contribution in [3.05, 3.63) is 23.9 Å². The molecule has 0 amide bonds. The van der Waals surface area contributed by atoms with Gasteiger partial charge in [0.1, 0.15) is 0 Å². The molecule has 1 saturated carbocycles. The molecule has 0 aliphatic heterocycles. The van der Waals surface area contributed by atoms with E-state index < -0.39 is 15.8 Å². The first-order valence-electron chi connectivity index (χ1n) is 5.37. The maximum Gasteiger partial charge on any atom is 0.307 e. The number of carbonyl (C=O) groups is 1. The first-order valence-corrected chi connectivity index (χ1v) is 7.02. The average Bonchev–Trinajstić information content (AvgIpc) is 3.01. The Balaban J connectivity index is 2.13. The van der Waals surface area contributed by atoms with Gasteiger partial charge in [0.05, 0.1) is 12.2 Å². The molecule has 0 saturated heterocycles. The van der Waals surface area contributed by atoms with Crippen LogP contribution in [0.25, 0.3) is 0 Å². The Kier molecular flexibility index (Phi) is 3.15. The Bertz CT molecular complexity index is 517. The molecule has 1 aromatic rings. The molecule has 0 aromatic carbocycles. The van der Waals surface area contributed by atoms with Crippen LogP contribution in [0.2, 0.25) is 0 Å². The minimum atomic E-state index is -3.30. The Labute approximate surface area is 99.4 Å². The smallest absolute Gasteiger partial charge is 0.307 e. The van der Waals surface area contributed by atoms with E-state index in [1.54, 1.807) is 0 Å². The number of rotatable bonds is 5. The van der Waals surface area contributed by atoms with Crippen molar-refractivity contribution in [3.8, 4) is 0 Å². The van der Waals surface area contributed by atoms with Crippen LogP contribution >= 0.6 is 0 Å². The highest BCUT2D eigenvalue weighted by Gasteiger charge is 2.29. The van der Waals surface area contributed by atoms with Crippen molar-refractivity contribution in [1.82, 2.24) is 4.98 Å². The van der Waals surface area contributed by atoms with Crippen molar-refractivity contribution in [2.75, 3.05) is 5.75 Å². The summed E-state index contributed by atoms with van der Waals surface area (Å²) in [6.07, 6.45) is 3.11. The molecule has 1 aliphatic rings. The van der Waals surface area contributed by atoms with Crippen LogP contribution < -0.4 is 0 Å². The third kappa shape index (κ3) is 3.26. The monoisotopic (exact) mass is 255 g/mol. The number of carboxylic acids is 1. The largest absolute Gasteiger partial charge is 0.481 e. The molecule has 0 spiro atoms. The first-order chi connectivity index (χ1) is 7.97. The van der Waals surface area contributed by atoms with Crippen LogP contribution in [0.4, 0.5) is 0 Å². The second kappa shape index (κ2) is 4.44. The number of aromatic nitrogens is 1. The van der Waals surface area contributed by atoms with Gasteiger partial charge in [-0.1, -0.05) is 6.07 Å². The molecular weight excluding hydrogens is 242 g/mol. The van der Waals surface area contributed by atoms with Gasteiger partial charge in [-0.3, -0.25) is 4.79 Å². The summed E-state index contributed by atoms with van der Waals surface area (Å²) in [5.74, 6) is -0.529. The molecule has 0 unspecified atom stereocenters. The molecule has 6 heteroatoms. The van der Waals surface area contributed by atoms with Crippen molar-refractivity contribution < 1.29 is 18.3 Å². The van der Waals surface area contributed by atoms with Gasteiger partial charge in [0, 0.05) is 6.20 Å². The number of nitrogens with zero attached hydrogens (tertiary/aromatic N) is 1. The lowest BCUT2D eigenvalue weighted by Crippen LogP contribution is -2.10. The lowest BCUT2D eigenvalue weighted by Gasteiger charge is -2.03. The van der Waals surface area contributed by atoms with E-state index in [2.05, 4.69) is 4.98 Å². The molecular formula is C11H13NO4S. The number of aliphatic carboxylic acids is 1. The Morgan fingerprint density at radius 1 is 1.41 bits per heavy atom. The highest BCUT2D eigenvalue weighted by Crippen LogP contribution is 2.31. The van der Waals surface area contributed by atoms with Crippen LogP contribution in [0.15, 0.2) is 23.4 Å². The molecule has 1 aromatic heterocycles. The second-order valence-corrected chi connectivity index (χ2v) is 6.28. The van der Waals surface area contributed by atoms with E-state index in [1.165, 1.54) is 18.3 Å². The molecule has 17 heavy (non-hydrogen) atoms. The van der Waals surface area contributed by atoms with Crippen LogP contribution in [-0.2, 0) is 21.1 Å². The van der Waals surface area contributed by atoms with Gasteiger partial charge in [-0.25, -0.2) is 13.4 Å². The van der Waals surface area contributed by atoms with Gasteiger partial charge in [-0.15, -0.1) is 0 Å². The minimum Gasteiger partial charge on any atom is -0.481 e. The standard InChI is InChI=1S/C11H13NO4S/c13-11(14)5-9-3-4-10(12-6-9)17(15,16)7-8-1-2-8/h3-4,6,8H,1-2,5,7H2,(H,13,14). The molecule has 0 radical (unpaired) electrons. The number of pyridine rings is 1. The van der Waals surface area contributed by atoms with Gasteiger partial charge in [-0.05, 0) is 30.4 Å². The summed E-state index contributed by atoms with van der Waals surface area (Å²) in [6.45, 7) is 0. The predicted octanol–water partition coefficient (Wildman–Crippen LogP) is 0.892. The number of carboxylic acid groups (broad SMARTS) is 1. The minimum absolute atomic E-state index is 0.0403. The molecule has 92 valence electrons. The zero-order chi connectivity index (χ0) is 12.5. The van der Waals surface area contributed by atoms with E-state index in [9.17, 15) is 13.2 Å². The molecule has 1 N–H and O–H groups in total. The lowest BCUT2D eigenvalue weighted by atomic mass is 10.2. The quantitative estimate of drug-likeness (QED) is 0.844. The molecule has 1 aliphatic carbocycles. The summed E-state index contributed by atoms with van der Waals surface area (Å²) in [7, 11) is -3.30. The topological polar surface area (TPSA) is 84.3 Å². The molecule has 1 fully saturated rings. The molecule has 1 heterocycles. The summed E-state index contributed by atoms with van der Waals surface area (Å²) in [4.78, 5) is 14.3. The third-order valence-electron chi connectivity index (χ3n) is 2.62. The van der Waals surface area contributed by atoms with Crippen LogP contribution in [0.5, 0.6) is 0 Å². The van der Waals surface area contributed by atoms with Crippen molar-refractivity contribution in [2.24, 2.45) is 5.92 Å². The Hall–Kier alpha value is -1.43. The van der Waals surface area contributed by atoms with E-state index in [1.807, 2.05) is 0 Å². The van der Waals surface area contributed by atoms with Crippen molar-refractivity contribution in [3.63, 3.8) is 0 Å². The summed E-state index contributed by atoms with van der Waals surface area (Å²) in [5.41, 5.74) is 0.503. The number of sulfone groups is 1. The van der Waals surface area contributed by atoms with Crippen LogP contribution in [0, 0.1) is 5.92 Å². The SMILES string of the molecule is O=C(O)Cc1ccc(S(=O)(=O)CC2CC2)nc1. The Morgan fingerprint density at radius 3 is 2.59 bits per heavy atom. The van der Waals surface area contributed by atoms with Gasteiger partial charge in [0.25, 0.3) is 0 Å². The van der Waals surface area contributed by atoms with Gasteiger partial charge in [0.15, 0.2) is 14.9 Å². The van der Waals surface area contributed by atoms with E-state index >= 15 is 0 Å². The average molecular weight is 255 g/mol. The van der Waals surface area contributed by atoms with Crippen LogP contribution in [-0.4, -0.2) is 30.2 Å².